The summed E-state index contributed by atoms with van der Waals surface area (Å²) < 4.78 is 1.76. The number of amides is 3. The van der Waals surface area contributed by atoms with Gasteiger partial charge in [-0.25, -0.2) is 9.78 Å². The topological polar surface area (TPSA) is 93.1 Å². The first-order chi connectivity index (χ1) is 15.6. The third kappa shape index (κ3) is 5.37. The number of aromatic nitrogens is 2. The fraction of sp³-hybridized carbons (Fsp3) is 0.333. The number of carbonyl (C=O) groups is 2. The van der Waals surface area contributed by atoms with Gasteiger partial charge in [0, 0.05) is 12.6 Å². The molecule has 32 heavy (non-hydrogen) atoms. The second kappa shape index (κ2) is 10.5. The van der Waals surface area contributed by atoms with Crippen LogP contribution in [0.4, 0.5) is 4.79 Å². The maximum Gasteiger partial charge on any atom is 0.321 e. The number of fused-ring (bicyclic) bond motifs is 1. The average Bonchev–Trinajstić information content (AvgIpc) is 2.83. The van der Waals surface area contributed by atoms with Crippen molar-refractivity contribution < 1.29 is 9.59 Å². The predicted octanol–water partition coefficient (Wildman–Crippen LogP) is 4.02. The molecule has 3 amide bonds. The molecular weight excluding hydrogens is 424 g/mol. The Hall–Kier alpha value is -3.13. The molecule has 3 aromatic rings. The molecule has 0 unspecified atom stereocenters. The van der Waals surface area contributed by atoms with Crippen molar-refractivity contribution in [2.24, 2.45) is 0 Å². The van der Waals surface area contributed by atoms with Crippen molar-refractivity contribution in [3.05, 3.63) is 70.5 Å². The maximum atomic E-state index is 13.2. The number of thioether (sulfide) groups is 1. The first-order valence-electron chi connectivity index (χ1n) is 10.9. The van der Waals surface area contributed by atoms with Crippen LogP contribution in [0.1, 0.15) is 43.7 Å². The molecular formula is C24H26N4O3S. The van der Waals surface area contributed by atoms with E-state index in [2.05, 4.69) is 15.6 Å². The highest BCUT2D eigenvalue weighted by Gasteiger charge is 2.22. The standard InChI is InChI=1S/C24H26N4O3S/c29-21(27-23(31)25-15-17-9-3-1-4-10-17)16-32-24-26-20-14-8-7-13-19(20)22(30)28(24)18-11-5-2-6-12-18/h1,3-4,7-10,13-14,18H,2,5-6,11-12,15-16H2,(H2,25,27,29,31). The minimum Gasteiger partial charge on any atom is -0.334 e. The number of nitrogens with one attached hydrogen (secondary N) is 2. The van der Waals surface area contributed by atoms with E-state index in [-0.39, 0.29) is 17.4 Å². The van der Waals surface area contributed by atoms with Crippen molar-refractivity contribution in [2.45, 2.75) is 49.8 Å². The quantitative estimate of drug-likeness (QED) is 0.437. The van der Waals surface area contributed by atoms with Gasteiger partial charge in [-0.15, -0.1) is 0 Å². The van der Waals surface area contributed by atoms with E-state index in [1.807, 2.05) is 48.5 Å². The molecule has 0 atom stereocenters. The number of carbonyl (C=O) groups excluding carboxylic acids is 2. The van der Waals surface area contributed by atoms with Crippen LogP contribution in [0.5, 0.6) is 0 Å². The van der Waals surface area contributed by atoms with Crippen molar-refractivity contribution in [2.75, 3.05) is 5.75 Å². The average molecular weight is 451 g/mol. The van der Waals surface area contributed by atoms with Crippen molar-refractivity contribution in [3.63, 3.8) is 0 Å². The van der Waals surface area contributed by atoms with Gasteiger partial charge in [0.2, 0.25) is 5.91 Å². The van der Waals surface area contributed by atoms with E-state index in [1.165, 1.54) is 18.2 Å². The van der Waals surface area contributed by atoms with Crippen LogP contribution < -0.4 is 16.2 Å². The first kappa shape index (κ1) is 22.1. The SMILES string of the molecule is O=C(CSc1nc2ccccc2c(=O)n1C1CCCCC1)NC(=O)NCc1ccccc1. The van der Waals surface area contributed by atoms with Gasteiger partial charge in [-0.1, -0.05) is 73.5 Å². The fourth-order valence-electron chi connectivity index (χ4n) is 4.00. The van der Waals surface area contributed by atoms with Crippen molar-refractivity contribution >= 4 is 34.6 Å². The van der Waals surface area contributed by atoms with E-state index in [0.29, 0.717) is 22.6 Å². The lowest BCUT2D eigenvalue weighted by atomic mass is 9.95. The van der Waals surface area contributed by atoms with E-state index in [1.54, 1.807) is 10.6 Å². The second-order valence-electron chi connectivity index (χ2n) is 7.88. The summed E-state index contributed by atoms with van der Waals surface area (Å²) in [6.07, 6.45) is 5.20. The minimum atomic E-state index is -0.546. The van der Waals surface area contributed by atoms with Crippen molar-refractivity contribution in [1.29, 1.82) is 0 Å². The monoisotopic (exact) mass is 450 g/mol. The highest BCUT2D eigenvalue weighted by molar-refractivity contribution is 7.99. The van der Waals surface area contributed by atoms with Crippen LogP contribution in [0, 0.1) is 0 Å². The second-order valence-corrected chi connectivity index (χ2v) is 8.83. The molecule has 0 aliphatic heterocycles. The lowest BCUT2D eigenvalue weighted by molar-refractivity contribution is -0.117. The molecule has 166 valence electrons. The summed E-state index contributed by atoms with van der Waals surface area (Å²) in [4.78, 5) is 42.3. The summed E-state index contributed by atoms with van der Waals surface area (Å²) in [5, 5.41) is 6.14. The summed E-state index contributed by atoms with van der Waals surface area (Å²) >= 11 is 1.19. The van der Waals surface area contributed by atoms with Crippen LogP contribution in [-0.4, -0.2) is 27.2 Å². The van der Waals surface area contributed by atoms with Crippen LogP contribution in [0.25, 0.3) is 10.9 Å². The van der Waals surface area contributed by atoms with Gasteiger partial charge >= 0.3 is 6.03 Å². The minimum absolute atomic E-state index is 0.00371. The summed E-state index contributed by atoms with van der Waals surface area (Å²) in [7, 11) is 0. The van der Waals surface area contributed by atoms with E-state index in [9.17, 15) is 14.4 Å². The molecule has 1 saturated carbocycles. The van der Waals surface area contributed by atoms with Gasteiger partial charge in [-0.3, -0.25) is 19.5 Å². The number of nitrogens with zero attached hydrogens (tertiary/aromatic N) is 2. The Morgan fingerprint density at radius 1 is 1.00 bits per heavy atom. The Morgan fingerprint density at radius 2 is 1.72 bits per heavy atom. The van der Waals surface area contributed by atoms with Gasteiger partial charge in [0.05, 0.1) is 16.7 Å². The Labute approximate surface area is 190 Å². The molecule has 2 N–H and O–H groups in total. The lowest BCUT2D eigenvalue weighted by Crippen LogP contribution is -2.40. The highest BCUT2D eigenvalue weighted by atomic mass is 32.2. The molecule has 0 saturated heterocycles. The van der Waals surface area contributed by atoms with Crippen molar-refractivity contribution in [1.82, 2.24) is 20.2 Å². The van der Waals surface area contributed by atoms with E-state index < -0.39 is 11.9 Å². The molecule has 1 heterocycles. The molecule has 0 radical (unpaired) electrons. The first-order valence-corrected chi connectivity index (χ1v) is 11.9. The van der Waals surface area contributed by atoms with Crippen LogP contribution in [0.15, 0.2) is 64.5 Å². The molecule has 8 heteroatoms. The molecule has 0 spiro atoms. The third-order valence-electron chi connectivity index (χ3n) is 5.60. The summed E-state index contributed by atoms with van der Waals surface area (Å²) in [5.74, 6) is -0.436. The molecule has 2 aromatic carbocycles. The lowest BCUT2D eigenvalue weighted by Gasteiger charge is -2.26. The molecule has 1 fully saturated rings. The number of hydrogen-bond acceptors (Lipinski definition) is 5. The Kier molecular flexibility index (Phi) is 7.21. The Bertz CT molecular complexity index is 1160. The van der Waals surface area contributed by atoms with E-state index in [0.717, 1.165) is 31.2 Å². The largest absolute Gasteiger partial charge is 0.334 e. The maximum absolute atomic E-state index is 13.2. The summed E-state index contributed by atoms with van der Waals surface area (Å²) in [5.41, 5.74) is 1.50. The van der Waals surface area contributed by atoms with Crippen LogP contribution in [-0.2, 0) is 11.3 Å². The fourth-order valence-corrected chi connectivity index (χ4v) is 4.87. The number of urea groups is 1. The van der Waals surface area contributed by atoms with Gasteiger partial charge in [0.1, 0.15) is 0 Å². The Morgan fingerprint density at radius 3 is 2.50 bits per heavy atom. The molecule has 1 aromatic heterocycles. The summed E-state index contributed by atoms with van der Waals surface area (Å²) in [6.45, 7) is 0.334. The number of benzene rings is 2. The highest BCUT2D eigenvalue weighted by Crippen LogP contribution is 2.31. The van der Waals surface area contributed by atoms with E-state index in [4.69, 9.17) is 0 Å². The zero-order chi connectivity index (χ0) is 22.3. The number of rotatable bonds is 6. The zero-order valence-electron chi connectivity index (χ0n) is 17.8. The van der Waals surface area contributed by atoms with Crippen LogP contribution >= 0.6 is 11.8 Å². The number of imide groups is 1. The molecule has 1 aliphatic rings. The number of para-hydroxylation sites is 1. The van der Waals surface area contributed by atoms with Crippen LogP contribution in [0.3, 0.4) is 0 Å². The van der Waals surface area contributed by atoms with Gasteiger partial charge in [-0.05, 0) is 30.5 Å². The number of hydrogen-bond donors (Lipinski definition) is 2. The van der Waals surface area contributed by atoms with Gasteiger partial charge < -0.3 is 5.32 Å². The molecule has 7 nitrogen and oxygen atoms in total. The van der Waals surface area contributed by atoms with Crippen molar-refractivity contribution in [3.8, 4) is 0 Å². The molecule has 1 aliphatic carbocycles. The van der Waals surface area contributed by atoms with Gasteiger partial charge in [-0.2, -0.15) is 0 Å². The zero-order valence-corrected chi connectivity index (χ0v) is 18.6. The Balaban J connectivity index is 1.44. The third-order valence-corrected chi connectivity index (χ3v) is 6.55. The van der Waals surface area contributed by atoms with Crippen LogP contribution in [0.2, 0.25) is 0 Å². The van der Waals surface area contributed by atoms with Gasteiger partial charge in [0.25, 0.3) is 5.56 Å². The molecule has 4 rings (SSSR count). The molecule has 0 bridgehead atoms. The predicted molar refractivity (Wildman–Crippen MR) is 126 cm³/mol. The normalized spacial score (nSPS) is 14.2. The van der Waals surface area contributed by atoms with E-state index >= 15 is 0 Å². The van der Waals surface area contributed by atoms with Gasteiger partial charge in [0.15, 0.2) is 5.16 Å². The smallest absolute Gasteiger partial charge is 0.321 e. The summed E-state index contributed by atoms with van der Waals surface area (Å²) in [6, 6.07) is 16.3.